The van der Waals surface area contributed by atoms with Crippen LogP contribution in [0.2, 0.25) is 0 Å². The molecule has 0 spiro atoms. The van der Waals surface area contributed by atoms with Gasteiger partial charge in [0.25, 0.3) is 0 Å². The van der Waals surface area contributed by atoms with Crippen molar-refractivity contribution >= 4 is 6.09 Å². The lowest BCUT2D eigenvalue weighted by atomic mass is 10.1. The number of carbonyl (C=O) groups is 1. The quantitative estimate of drug-likeness (QED) is 0.839. The minimum Gasteiger partial charge on any atom is -0.444 e. The number of nitriles is 1. The van der Waals surface area contributed by atoms with Crippen molar-refractivity contribution in [2.24, 2.45) is 0 Å². The van der Waals surface area contributed by atoms with Crippen molar-refractivity contribution in [2.75, 3.05) is 27.2 Å². The molecule has 0 radical (unpaired) electrons. The van der Waals surface area contributed by atoms with Gasteiger partial charge in [-0.15, -0.1) is 0 Å². The van der Waals surface area contributed by atoms with Crippen molar-refractivity contribution in [1.29, 1.82) is 5.26 Å². The minimum absolute atomic E-state index is 0.321. The van der Waals surface area contributed by atoms with Crippen LogP contribution < -0.4 is 0 Å². The number of ether oxygens (including phenoxy) is 1. The molecule has 0 unspecified atom stereocenters. The Morgan fingerprint density at radius 1 is 1.18 bits per heavy atom. The largest absolute Gasteiger partial charge is 0.444 e. The summed E-state index contributed by atoms with van der Waals surface area (Å²) in [6.07, 6.45) is -0.321. The van der Waals surface area contributed by atoms with Gasteiger partial charge in [-0.2, -0.15) is 5.26 Å². The summed E-state index contributed by atoms with van der Waals surface area (Å²) >= 11 is 0. The van der Waals surface area contributed by atoms with E-state index in [-0.39, 0.29) is 6.09 Å². The highest BCUT2D eigenvalue weighted by molar-refractivity contribution is 5.68. The van der Waals surface area contributed by atoms with Crippen LogP contribution in [0.4, 0.5) is 4.79 Å². The molecule has 120 valence electrons. The van der Waals surface area contributed by atoms with Crippen LogP contribution in [0.3, 0.4) is 0 Å². The molecular formula is C17H25N3O2. The maximum Gasteiger partial charge on any atom is 0.410 e. The fourth-order valence-electron chi connectivity index (χ4n) is 1.79. The first kappa shape index (κ1) is 18.0. The Labute approximate surface area is 133 Å². The van der Waals surface area contributed by atoms with E-state index in [1.54, 1.807) is 17.0 Å². The Bertz CT molecular complexity index is 524. The number of hydrogen-bond donors (Lipinski definition) is 0. The summed E-state index contributed by atoms with van der Waals surface area (Å²) in [4.78, 5) is 16.0. The maximum atomic E-state index is 12.3. The van der Waals surface area contributed by atoms with E-state index in [0.717, 1.165) is 12.1 Å². The van der Waals surface area contributed by atoms with Gasteiger partial charge < -0.3 is 14.5 Å². The van der Waals surface area contributed by atoms with Crippen LogP contribution in [-0.4, -0.2) is 48.7 Å². The van der Waals surface area contributed by atoms with Crippen molar-refractivity contribution in [2.45, 2.75) is 32.9 Å². The Hall–Kier alpha value is -2.06. The standard InChI is InChI=1S/C17H25N3O2/c1-17(2,3)22-16(21)20(11-10-19(4)5)13-15-8-6-14(12-18)7-9-15/h6-9H,10-11,13H2,1-5H3. The molecule has 0 bridgehead atoms. The third-order valence-electron chi connectivity index (χ3n) is 2.93. The summed E-state index contributed by atoms with van der Waals surface area (Å²) in [5.74, 6) is 0. The fourth-order valence-corrected chi connectivity index (χ4v) is 1.79. The fraction of sp³-hybridized carbons (Fsp3) is 0.529. The minimum atomic E-state index is -0.516. The van der Waals surface area contributed by atoms with Crippen LogP contribution in [0, 0.1) is 11.3 Å². The van der Waals surface area contributed by atoms with Crippen molar-refractivity contribution in [3.8, 4) is 6.07 Å². The van der Waals surface area contributed by atoms with Crippen LogP contribution in [0.5, 0.6) is 0 Å². The molecule has 5 heteroatoms. The second-order valence-electron chi connectivity index (χ2n) is 6.51. The molecule has 1 aromatic rings. The second-order valence-corrected chi connectivity index (χ2v) is 6.51. The van der Waals surface area contributed by atoms with Gasteiger partial charge >= 0.3 is 6.09 Å². The number of nitrogens with zero attached hydrogens (tertiary/aromatic N) is 3. The molecule has 0 atom stereocenters. The van der Waals surface area contributed by atoms with Gasteiger partial charge in [0.15, 0.2) is 0 Å². The summed E-state index contributed by atoms with van der Waals surface area (Å²) < 4.78 is 5.47. The molecule has 0 saturated heterocycles. The van der Waals surface area contributed by atoms with E-state index in [1.165, 1.54) is 0 Å². The van der Waals surface area contributed by atoms with Gasteiger partial charge in [0.2, 0.25) is 0 Å². The number of amides is 1. The number of rotatable bonds is 5. The van der Waals surface area contributed by atoms with Gasteiger partial charge in [0.1, 0.15) is 5.60 Å². The highest BCUT2D eigenvalue weighted by Crippen LogP contribution is 2.13. The van der Waals surface area contributed by atoms with E-state index in [0.29, 0.717) is 18.7 Å². The van der Waals surface area contributed by atoms with Crippen LogP contribution in [0.1, 0.15) is 31.9 Å². The Morgan fingerprint density at radius 3 is 2.23 bits per heavy atom. The maximum absolute atomic E-state index is 12.3. The molecule has 22 heavy (non-hydrogen) atoms. The van der Waals surface area contributed by atoms with Gasteiger partial charge in [-0.05, 0) is 52.6 Å². The molecule has 1 rings (SSSR count). The zero-order valence-corrected chi connectivity index (χ0v) is 14.1. The van der Waals surface area contributed by atoms with Gasteiger partial charge in [-0.25, -0.2) is 4.79 Å². The average Bonchev–Trinajstić information content (AvgIpc) is 2.42. The average molecular weight is 303 g/mol. The van der Waals surface area contributed by atoms with Crippen molar-refractivity contribution < 1.29 is 9.53 Å². The van der Waals surface area contributed by atoms with E-state index < -0.39 is 5.60 Å². The summed E-state index contributed by atoms with van der Waals surface area (Å²) in [7, 11) is 3.93. The van der Waals surface area contributed by atoms with Crippen LogP contribution in [0.15, 0.2) is 24.3 Å². The summed E-state index contributed by atoms with van der Waals surface area (Å²) in [5, 5.41) is 8.83. The van der Waals surface area contributed by atoms with E-state index in [9.17, 15) is 4.79 Å². The van der Waals surface area contributed by atoms with E-state index in [2.05, 4.69) is 6.07 Å². The van der Waals surface area contributed by atoms with Crippen LogP contribution >= 0.6 is 0 Å². The lowest BCUT2D eigenvalue weighted by molar-refractivity contribution is 0.0223. The van der Waals surface area contributed by atoms with Gasteiger partial charge in [0, 0.05) is 19.6 Å². The van der Waals surface area contributed by atoms with Gasteiger partial charge in [0.05, 0.1) is 11.6 Å². The van der Waals surface area contributed by atoms with Crippen LogP contribution in [-0.2, 0) is 11.3 Å². The molecule has 0 saturated carbocycles. The SMILES string of the molecule is CN(C)CCN(Cc1ccc(C#N)cc1)C(=O)OC(C)(C)C. The number of likely N-dealkylation sites (N-methyl/N-ethyl adjacent to an activating group) is 1. The Morgan fingerprint density at radius 2 is 1.77 bits per heavy atom. The monoisotopic (exact) mass is 303 g/mol. The molecule has 0 fully saturated rings. The number of benzene rings is 1. The van der Waals surface area contributed by atoms with Crippen molar-refractivity contribution in [1.82, 2.24) is 9.80 Å². The predicted molar refractivity (Wildman–Crippen MR) is 86.4 cm³/mol. The van der Waals surface area contributed by atoms with Gasteiger partial charge in [-0.1, -0.05) is 12.1 Å². The van der Waals surface area contributed by atoms with Crippen molar-refractivity contribution in [3.05, 3.63) is 35.4 Å². The smallest absolute Gasteiger partial charge is 0.410 e. The summed E-state index contributed by atoms with van der Waals surface area (Å²) in [6.45, 7) is 7.39. The molecule has 0 aromatic heterocycles. The summed E-state index contributed by atoms with van der Waals surface area (Å²) in [5.41, 5.74) is 1.07. The first-order valence-electron chi connectivity index (χ1n) is 7.33. The number of hydrogen-bond acceptors (Lipinski definition) is 4. The lowest BCUT2D eigenvalue weighted by Gasteiger charge is -2.28. The zero-order valence-electron chi connectivity index (χ0n) is 14.1. The first-order chi connectivity index (χ1) is 10.2. The molecule has 5 nitrogen and oxygen atoms in total. The lowest BCUT2D eigenvalue weighted by Crippen LogP contribution is -2.39. The Balaban J connectivity index is 2.80. The normalized spacial score (nSPS) is 11.1. The molecular weight excluding hydrogens is 278 g/mol. The van der Waals surface area contributed by atoms with Crippen molar-refractivity contribution in [3.63, 3.8) is 0 Å². The van der Waals surface area contributed by atoms with E-state index >= 15 is 0 Å². The third-order valence-corrected chi connectivity index (χ3v) is 2.93. The molecule has 0 heterocycles. The highest BCUT2D eigenvalue weighted by Gasteiger charge is 2.22. The molecule has 1 amide bonds. The topological polar surface area (TPSA) is 56.6 Å². The molecule has 0 aliphatic carbocycles. The third kappa shape index (κ3) is 6.59. The Kier molecular flexibility index (Phi) is 6.39. The highest BCUT2D eigenvalue weighted by atomic mass is 16.6. The van der Waals surface area contributed by atoms with Gasteiger partial charge in [-0.3, -0.25) is 0 Å². The van der Waals surface area contributed by atoms with Crippen LogP contribution in [0.25, 0.3) is 0 Å². The second kappa shape index (κ2) is 7.81. The predicted octanol–water partition coefficient (Wildman–Crippen LogP) is 2.86. The molecule has 0 aliphatic heterocycles. The van der Waals surface area contributed by atoms with E-state index in [4.69, 9.17) is 10.00 Å². The molecule has 1 aromatic carbocycles. The number of carbonyl (C=O) groups excluding carboxylic acids is 1. The summed E-state index contributed by atoms with van der Waals surface area (Å²) in [6, 6.07) is 9.34. The molecule has 0 N–H and O–H groups in total. The van der Waals surface area contributed by atoms with E-state index in [1.807, 2.05) is 51.9 Å². The first-order valence-corrected chi connectivity index (χ1v) is 7.33. The molecule has 0 aliphatic rings. The zero-order chi connectivity index (χ0) is 16.8.